The number of carbonyl (C=O) groups is 1. The minimum absolute atomic E-state index is 0.0469. The highest BCUT2D eigenvalue weighted by Crippen LogP contribution is 2.44. The van der Waals surface area contributed by atoms with E-state index >= 15 is 0 Å². The molecule has 1 aliphatic heterocycles. The molecule has 0 bridgehead atoms. The summed E-state index contributed by atoms with van der Waals surface area (Å²) < 4.78 is 11.1. The van der Waals surface area contributed by atoms with Crippen molar-refractivity contribution in [1.29, 1.82) is 0 Å². The fourth-order valence-electron chi connectivity index (χ4n) is 2.14. The zero-order valence-corrected chi connectivity index (χ0v) is 9.96. The molecule has 0 spiro atoms. The van der Waals surface area contributed by atoms with Gasteiger partial charge < -0.3 is 14.6 Å². The van der Waals surface area contributed by atoms with Crippen molar-refractivity contribution in [1.82, 2.24) is 4.98 Å². The Bertz CT molecular complexity index is 464. The Kier molecular flexibility index (Phi) is 2.91. The van der Waals surface area contributed by atoms with Crippen LogP contribution in [-0.2, 0) is 4.74 Å². The van der Waals surface area contributed by atoms with Gasteiger partial charge in [-0.05, 0) is 24.8 Å². The number of carboxylic acids is 1. The molecule has 5 heteroatoms. The number of hydrogen-bond donors (Lipinski definition) is 1. The zero-order chi connectivity index (χ0) is 12.5. The average molecular weight is 249 g/mol. The van der Waals surface area contributed by atoms with E-state index in [-0.39, 0.29) is 11.7 Å². The van der Waals surface area contributed by atoms with Gasteiger partial charge in [0.1, 0.15) is 6.10 Å². The van der Waals surface area contributed by atoms with E-state index < -0.39 is 5.97 Å². The van der Waals surface area contributed by atoms with Crippen molar-refractivity contribution in [3.8, 4) is 5.88 Å². The number of pyridine rings is 1. The van der Waals surface area contributed by atoms with Crippen molar-refractivity contribution in [2.75, 3.05) is 13.2 Å². The molecule has 2 heterocycles. The Labute approximate surface area is 105 Å². The average Bonchev–Trinajstić information content (AvgIpc) is 3.08. The van der Waals surface area contributed by atoms with E-state index in [9.17, 15) is 4.79 Å². The van der Waals surface area contributed by atoms with Gasteiger partial charge in [-0.15, -0.1) is 0 Å². The Morgan fingerprint density at radius 1 is 1.44 bits per heavy atom. The molecule has 1 saturated carbocycles. The molecule has 5 nitrogen and oxygen atoms in total. The lowest BCUT2D eigenvalue weighted by Crippen LogP contribution is -2.17. The van der Waals surface area contributed by atoms with Crippen LogP contribution in [0.5, 0.6) is 5.88 Å². The van der Waals surface area contributed by atoms with Crippen LogP contribution >= 0.6 is 0 Å². The molecule has 96 valence electrons. The Hall–Kier alpha value is -1.62. The van der Waals surface area contributed by atoms with Gasteiger partial charge in [0.2, 0.25) is 5.88 Å². The predicted molar refractivity (Wildman–Crippen MR) is 63.0 cm³/mol. The van der Waals surface area contributed by atoms with Gasteiger partial charge in [-0.3, -0.25) is 0 Å². The van der Waals surface area contributed by atoms with Crippen LogP contribution in [0.4, 0.5) is 0 Å². The molecule has 1 aliphatic carbocycles. The van der Waals surface area contributed by atoms with Gasteiger partial charge >= 0.3 is 5.97 Å². The maximum atomic E-state index is 11.0. The second kappa shape index (κ2) is 4.57. The lowest BCUT2D eigenvalue weighted by Gasteiger charge is -2.14. The predicted octanol–water partition coefficient (Wildman–Crippen LogP) is 1.82. The van der Waals surface area contributed by atoms with E-state index in [4.69, 9.17) is 14.6 Å². The van der Waals surface area contributed by atoms with Gasteiger partial charge in [0, 0.05) is 18.2 Å². The summed E-state index contributed by atoms with van der Waals surface area (Å²) in [6, 6.07) is 1.69. The Morgan fingerprint density at radius 3 is 2.89 bits per heavy atom. The smallest absolute Gasteiger partial charge is 0.337 e. The largest absolute Gasteiger partial charge is 0.478 e. The standard InChI is InChI=1S/C13H15NO4/c15-13(16)9-5-11(8-1-2-8)12(14-6-9)18-10-3-4-17-7-10/h5-6,8,10H,1-4,7H2,(H,15,16). The van der Waals surface area contributed by atoms with Crippen molar-refractivity contribution in [2.24, 2.45) is 0 Å². The quantitative estimate of drug-likeness (QED) is 0.881. The molecule has 0 radical (unpaired) electrons. The number of rotatable bonds is 4. The number of aromatic carboxylic acids is 1. The summed E-state index contributed by atoms with van der Waals surface area (Å²) in [5.74, 6) is 0.0484. The third-order valence-electron chi connectivity index (χ3n) is 3.31. The first kappa shape index (κ1) is 11.5. The maximum absolute atomic E-state index is 11.0. The van der Waals surface area contributed by atoms with E-state index in [1.165, 1.54) is 6.20 Å². The minimum Gasteiger partial charge on any atom is -0.478 e. The van der Waals surface area contributed by atoms with Gasteiger partial charge in [-0.1, -0.05) is 0 Å². The molecule has 1 N–H and O–H groups in total. The zero-order valence-electron chi connectivity index (χ0n) is 9.96. The summed E-state index contributed by atoms with van der Waals surface area (Å²) in [4.78, 5) is 15.1. The Balaban J connectivity index is 1.85. The molecule has 0 amide bonds. The van der Waals surface area contributed by atoms with Crippen molar-refractivity contribution < 1.29 is 19.4 Å². The molecule has 1 unspecified atom stereocenters. The van der Waals surface area contributed by atoms with Crippen LogP contribution in [-0.4, -0.2) is 35.4 Å². The van der Waals surface area contributed by atoms with Gasteiger partial charge in [-0.25, -0.2) is 9.78 Å². The highest BCUT2D eigenvalue weighted by Gasteiger charge is 2.30. The van der Waals surface area contributed by atoms with Gasteiger partial charge in [0.25, 0.3) is 0 Å². The number of nitrogens with zero attached hydrogens (tertiary/aromatic N) is 1. The second-order valence-electron chi connectivity index (χ2n) is 4.80. The molecular weight excluding hydrogens is 234 g/mol. The molecule has 1 aromatic rings. The van der Waals surface area contributed by atoms with Crippen LogP contribution in [0.1, 0.15) is 41.1 Å². The molecular formula is C13H15NO4. The number of hydrogen-bond acceptors (Lipinski definition) is 4. The third-order valence-corrected chi connectivity index (χ3v) is 3.31. The minimum atomic E-state index is -0.944. The lowest BCUT2D eigenvalue weighted by molar-refractivity contribution is 0.0696. The summed E-state index contributed by atoms with van der Waals surface area (Å²) in [5.41, 5.74) is 1.16. The van der Waals surface area contributed by atoms with Gasteiger partial charge in [0.15, 0.2) is 0 Å². The van der Waals surface area contributed by atoms with E-state index in [0.717, 1.165) is 31.4 Å². The summed E-state index contributed by atoms with van der Waals surface area (Å²) in [5, 5.41) is 8.99. The molecule has 18 heavy (non-hydrogen) atoms. The first-order valence-corrected chi connectivity index (χ1v) is 6.21. The number of carboxylic acid groups (broad SMARTS) is 1. The first-order valence-electron chi connectivity index (χ1n) is 6.21. The van der Waals surface area contributed by atoms with E-state index in [1.54, 1.807) is 6.07 Å². The summed E-state index contributed by atoms with van der Waals surface area (Å²) in [7, 11) is 0. The molecule has 1 aromatic heterocycles. The van der Waals surface area contributed by atoms with Crippen LogP contribution in [0.25, 0.3) is 0 Å². The fourth-order valence-corrected chi connectivity index (χ4v) is 2.14. The molecule has 1 saturated heterocycles. The van der Waals surface area contributed by atoms with Crippen molar-refractivity contribution in [3.63, 3.8) is 0 Å². The van der Waals surface area contributed by atoms with Crippen molar-refractivity contribution in [2.45, 2.75) is 31.3 Å². The molecule has 3 rings (SSSR count). The molecule has 2 fully saturated rings. The van der Waals surface area contributed by atoms with Crippen LogP contribution in [0.3, 0.4) is 0 Å². The van der Waals surface area contributed by atoms with Gasteiger partial charge in [-0.2, -0.15) is 0 Å². The van der Waals surface area contributed by atoms with E-state index in [1.807, 2.05) is 0 Å². The van der Waals surface area contributed by atoms with Crippen LogP contribution in [0.15, 0.2) is 12.3 Å². The highest BCUT2D eigenvalue weighted by molar-refractivity contribution is 5.87. The van der Waals surface area contributed by atoms with Crippen molar-refractivity contribution >= 4 is 5.97 Å². The summed E-state index contributed by atoms with van der Waals surface area (Å²) >= 11 is 0. The normalized spacial score (nSPS) is 23.0. The number of ether oxygens (including phenoxy) is 2. The lowest BCUT2D eigenvalue weighted by atomic mass is 10.1. The van der Waals surface area contributed by atoms with Gasteiger partial charge in [0.05, 0.1) is 18.8 Å². The monoisotopic (exact) mass is 249 g/mol. The van der Waals surface area contributed by atoms with Crippen LogP contribution in [0, 0.1) is 0 Å². The Morgan fingerprint density at radius 2 is 2.28 bits per heavy atom. The molecule has 1 atom stereocenters. The van der Waals surface area contributed by atoms with Crippen LogP contribution in [0.2, 0.25) is 0 Å². The van der Waals surface area contributed by atoms with Crippen LogP contribution < -0.4 is 4.74 Å². The third kappa shape index (κ3) is 2.31. The summed E-state index contributed by atoms with van der Waals surface area (Å²) in [6.45, 7) is 1.31. The van der Waals surface area contributed by atoms with E-state index in [2.05, 4.69) is 4.98 Å². The molecule has 2 aliphatic rings. The topological polar surface area (TPSA) is 68.7 Å². The SMILES string of the molecule is O=C(O)c1cnc(OC2CCOC2)c(C2CC2)c1. The summed E-state index contributed by atoms with van der Waals surface area (Å²) in [6.07, 6.45) is 4.45. The first-order chi connectivity index (χ1) is 8.74. The second-order valence-corrected chi connectivity index (χ2v) is 4.80. The highest BCUT2D eigenvalue weighted by atomic mass is 16.5. The fraction of sp³-hybridized carbons (Fsp3) is 0.538. The van der Waals surface area contributed by atoms with Crippen molar-refractivity contribution in [3.05, 3.63) is 23.4 Å². The van der Waals surface area contributed by atoms with E-state index in [0.29, 0.717) is 18.4 Å². The number of aromatic nitrogens is 1. The maximum Gasteiger partial charge on any atom is 0.337 e. The molecule has 0 aromatic carbocycles.